The molecular weight excluding hydrogens is 360 g/mol. The Kier molecular flexibility index (Phi) is 5.84. The van der Waals surface area contributed by atoms with Crippen LogP contribution in [0.2, 0.25) is 0 Å². The lowest BCUT2D eigenvalue weighted by molar-refractivity contribution is 0.0948. The molecule has 0 radical (unpaired) electrons. The Morgan fingerprint density at radius 2 is 1.79 bits per heavy atom. The van der Waals surface area contributed by atoms with Gasteiger partial charge in [0, 0.05) is 25.7 Å². The SMILES string of the molecule is Cc1nc(C(=O)NCCCc2ccccc2)cc(N2CCc3ccccc3C2)n1. The largest absolute Gasteiger partial charge is 0.352 e. The van der Waals surface area contributed by atoms with Crippen molar-refractivity contribution in [3.63, 3.8) is 0 Å². The third-order valence-electron chi connectivity index (χ3n) is 5.28. The van der Waals surface area contributed by atoms with Crippen LogP contribution in [-0.2, 0) is 19.4 Å². The van der Waals surface area contributed by atoms with Crippen LogP contribution in [0.25, 0.3) is 0 Å². The molecule has 0 aliphatic carbocycles. The number of carbonyl (C=O) groups is 1. The summed E-state index contributed by atoms with van der Waals surface area (Å²) in [7, 11) is 0. The van der Waals surface area contributed by atoms with Crippen molar-refractivity contribution in [2.45, 2.75) is 32.7 Å². The quantitative estimate of drug-likeness (QED) is 0.656. The standard InChI is InChI=1S/C24H26N4O/c1-18-26-22(24(29)25-14-7-10-19-8-3-2-4-9-19)16-23(27-18)28-15-13-20-11-5-6-12-21(20)17-28/h2-6,8-9,11-12,16H,7,10,13-15,17H2,1H3,(H,25,29). The highest BCUT2D eigenvalue weighted by Gasteiger charge is 2.19. The molecule has 29 heavy (non-hydrogen) atoms. The lowest BCUT2D eigenvalue weighted by atomic mass is 10.00. The average molecular weight is 386 g/mol. The van der Waals surface area contributed by atoms with Crippen molar-refractivity contribution in [2.75, 3.05) is 18.0 Å². The number of aryl methyl sites for hydroxylation is 2. The topological polar surface area (TPSA) is 58.1 Å². The van der Waals surface area contributed by atoms with E-state index in [-0.39, 0.29) is 5.91 Å². The normalized spacial score (nSPS) is 13.1. The van der Waals surface area contributed by atoms with Crippen LogP contribution in [0.1, 0.15) is 39.4 Å². The van der Waals surface area contributed by atoms with Gasteiger partial charge in [0.15, 0.2) is 0 Å². The molecule has 2 aromatic carbocycles. The molecule has 1 aromatic heterocycles. The number of rotatable bonds is 6. The van der Waals surface area contributed by atoms with Gasteiger partial charge in [-0.3, -0.25) is 4.79 Å². The zero-order chi connectivity index (χ0) is 20.1. The molecule has 0 fully saturated rings. The highest BCUT2D eigenvalue weighted by molar-refractivity contribution is 5.92. The second-order valence-electron chi connectivity index (χ2n) is 7.44. The Morgan fingerprint density at radius 1 is 1.03 bits per heavy atom. The van der Waals surface area contributed by atoms with E-state index in [0.29, 0.717) is 18.1 Å². The van der Waals surface area contributed by atoms with E-state index in [4.69, 9.17) is 0 Å². The molecule has 0 unspecified atom stereocenters. The van der Waals surface area contributed by atoms with Gasteiger partial charge < -0.3 is 10.2 Å². The Bertz CT molecular complexity index is 987. The second-order valence-corrected chi connectivity index (χ2v) is 7.44. The van der Waals surface area contributed by atoms with Crippen LogP contribution in [0.5, 0.6) is 0 Å². The highest BCUT2D eigenvalue weighted by atomic mass is 16.1. The van der Waals surface area contributed by atoms with Gasteiger partial charge in [-0.25, -0.2) is 9.97 Å². The molecule has 0 spiro atoms. The first kappa shape index (κ1) is 19.1. The summed E-state index contributed by atoms with van der Waals surface area (Å²) in [6.45, 7) is 4.17. The fourth-order valence-electron chi connectivity index (χ4n) is 3.75. The zero-order valence-corrected chi connectivity index (χ0v) is 16.8. The van der Waals surface area contributed by atoms with Gasteiger partial charge in [-0.2, -0.15) is 0 Å². The van der Waals surface area contributed by atoms with Crippen molar-refractivity contribution in [3.05, 3.63) is 88.9 Å². The van der Waals surface area contributed by atoms with Crippen molar-refractivity contribution >= 4 is 11.7 Å². The molecule has 5 heteroatoms. The third-order valence-corrected chi connectivity index (χ3v) is 5.28. The summed E-state index contributed by atoms with van der Waals surface area (Å²) in [5.41, 5.74) is 4.44. The monoisotopic (exact) mass is 386 g/mol. The van der Waals surface area contributed by atoms with E-state index >= 15 is 0 Å². The number of benzene rings is 2. The van der Waals surface area contributed by atoms with Crippen LogP contribution in [0.4, 0.5) is 5.82 Å². The molecule has 1 amide bonds. The molecule has 3 aromatic rings. The average Bonchev–Trinajstić information content (AvgIpc) is 2.76. The van der Waals surface area contributed by atoms with Crippen LogP contribution in [-0.4, -0.2) is 29.0 Å². The maximum atomic E-state index is 12.6. The van der Waals surface area contributed by atoms with Crippen molar-refractivity contribution in [1.29, 1.82) is 0 Å². The van der Waals surface area contributed by atoms with Gasteiger partial charge in [-0.05, 0) is 42.9 Å². The lowest BCUT2D eigenvalue weighted by Crippen LogP contribution is -2.32. The fourth-order valence-corrected chi connectivity index (χ4v) is 3.75. The summed E-state index contributed by atoms with van der Waals surface area (Å²) in [6.07, 6.45) is 2.83. The highest BCUT2D eigenvalue weighted by Crippen LogP contribution is 2.23. The van der Waals surface area contributed by atoms with Gasteiger partial charge in [0.2, 0.25) is 0 Å². The molecular formula is C24H26N4O. The van der Waals surface area contributed by atoms with E-state index < -0.39 is 0 Å². The van der Waals surface area contributed by atoms with E-state index in [2.05, 4.69) is 56.6 Å². The minimum atomic E-state index is -0.137. The molecule has 0 atom stereocenters. The lowest BCUT2D eigenvalue weighted by Gasteiger charge is -2.30. The first-order valence-electron chi connectivity index (χ1n) is 10.2. The number of hydrogen-bond donors (Lipinski definition) is 1. The fraction of sp³-hybridized carbons (Fsp3) is 0.292. The molecule has 148 valence electrons. The van der Waals surface area contributed by atoms with E-state index in [9.17, 15) is 4.79 Å². The van der Waals surface area contributed by atoms with Crippen LogP contribution in [0.15, 0.2) is 60.7 Å². The number of fused-ring (bicyclic) bond motifs is 1. The number of hydrogen-bond acceptors (Lipinski definition) is 4. The van der Waals surface area contributed by atoms with Gasteiger partial charge in [0.1, 0.15) is 17.3 Å². The second kappa shape index (κ2) is 8.86. The Hall–Kier alpha value is -3.21. The molecule has 0 saturated carbocycles. The third kappa shape index (κ3) is 4.80. The molecule has 0 bridgehead atoms. The summed E-state index contributed by atoms with van der Waals surface area (Å²) in [5, 5.41) is 2.99. The first-order valence-corrected chi connectivity index (χ1v) is 10.2. The zero-order valence-electron chi connectivity index (χ0n) is 16.8. The number of carbonyl (C=O) groups excluding carboxylic acids is 1. The predicted octanol–water partition coefficient (Wildman–Crippen LogP) is 3.71. The number of aromatic nitrogens is 2. The van der Waals surface area contributed by atoms with Crippen molar-refractivity contribution < 1.29 is 4.79 Å². The molecule has 1 aliphatic heterocycles. The molecule has 1 aliphatic rings. The number of anilines is 1. The molecule has 4 rings (SSSR count). The van der Waals surface area contributed by atoms with Crippen molar-refractivity contribution in [3.8, 4) is 0 Å². The minimum Gasteiger partial charge on any atom is -0.352 e. The maximum Gasteiger partial charge on any atom is 0.270 e. The smallest absolute Gasteiger partial charge is 0.270 e. The molecule has 1 N–H and O–H groups in total. The van der Waals surface area contributed by atoms with Crippen LogP contribution in [0.3, 0.4) is 0 Å². The molecule has 5 nitrogen and oxygen atoms in total. The predicted molar refractivity (Wildman–Crippen MR) is 115 cm³/mol. The summed E-state index contributed by atoms with van der Waals surface area (Å²) >= 11 is 0. The van der Waals surface area contributed by atoms with Gasteiger partial charge >= 0.3 is 0 Å². The summed E-state index contributed by atoms with van der Waals surface area (Å²) < 4.78 is 0. The van der Waals surface area contributed by atoms with Crippen molar-refractivity contribution in [1.82, 2.24) is 15.3 Å². The van der Waals surface area contributed by atoms with E-state index in [1.165, 1.54) is 16.7 Å². The molecule has 0 saturated heterocycles. The summed E-state index contributed by atoms with van der Waals surface area (Å²) in [4.78, 5) is 23.8. The summed E-state index contributed by atoms with van der Waals surface area (Å²) in [6, 6.07) is 20.6. The Morgan fingerprint density at radius 3 is 2.62 bits per heavy atom. The van der Waals surface area contributed by atoms with Gasteiger partial charge in [0.05, 0.1) is 0 Å². The van der Waals surface area contributed by atoms with Crippen LogP contribution in [0, 0.1) is 6.92 Å². The van der Waals surface area contributed by atoms with Gasteiger partial charge in [0.25, 0.3) is 5.91 Å². The first-order chi connectivity index (χ1) is 14.2. The van der Waals surface area contributed by atoms with E-state index in [1.807, 2.05) is 31.2 Å². The summed E-state index contributed by atoms with van der Waals surface area (Å²) in [5.74, 6) is 1.31. The van der Waals surface area contributed by atoms with Crippen molar-refractivity contribution in [2.24, 2.45) is 0 Å². The minimum absolute atomic E-state index is 0.137. The Labute approximate surface area is 171 Å². The number of nitrogens with zero attached hydrogens (tertiary/aromatic N) is 3. The van der Waals surface area contributed by atoms with Crippen LogP contribution < -0.4 is 10.2 Å². The van der Waals surface area contributed by atoms with Gasteiger partial charge in [-0.15, -0.1) is 0 Å². The van der Waals surface area contributed by atoms with E-state index in [1.54, 1.807) is 0 Å². The van der Waals surface area contributed by atoms with E-state index in [0.717, 1.165) is 38.2 Å². The Balaban J connectivity index is 1.38. The number of nitrogens with one attached hydrogen (secondary N) is 1. The van der Waals surface area contributed by atoms with Gasteiger partial charge in [-0.1, -0.05) is 54.6 Å². The molecule has 2 heterocycles. The van der Waals surface area contributed by atoms with Crippen LogP contribution >= 0.6 is 0 Å². The maximum absolute atomic E-state index is 12.6. The number of amides is 1.